The Balaban J connectivity index is 1.76. The molecule has 34 heavy (non-hydrogen) atoms. The molecule has 0 fully saturated rings. The first-order valence-corrected chi connectivity index (χ1v) is 10.8. The van der Waals surface area contributed by atoms with Crippen molar-refractivity contribution in [2.75, 3.05) is 5.32 Å². The summed E-state index contributed by atoms with van der Waals surface area (Å²) in [4.78, 5) is 23.4. The van der Waals surface area contributed by atoms with Crippen molar-refractivity contribution < 1.29 is 9.72 Å². The highest BCUT2D eigenvalue weighted by atomic mass is 35.5. The van der Waals surface area contributed by atoms with Gasteiger partial charge in [-0.25, -0.2) is 0 Å². The SMILES string of the molecule is N#C/C(=C\c1c(Cc2ccccc2Cl)ccc2ccccc12)C(=O)Nc1cccc([N+](=O)[O-])c1. The van der Waals surface area contributed by atoms with Gasteiger partial charge in [-0.3, -0.25) is 14.9 Å². The van der Waals surface area contributed by atoms with Gasteiger partial charge in [0.05, 0.1) is 4.92 Å². The quantitative estimate of drug-likeness (QED) is 0.151. The van der Waals surface area contributed by atoms with E-state index in [-0.39, 0.29) is 16.9 Å². The highest BCUT2D eigenvalue weighted by Gasteiger charge is 2.15. The molecule has 0 bridgehead atoms. The van der Waals surface area contributed by atoms with Crippen LogP contribution in [0.1, 0.15) is 16.7 Å². The predicted octanol–water partition coefficient (Wildman–Crippen LogP) is 6.54. The summed E-state index contributed by atoms with van der Waals surface area (Å²) in [5, 5.41) is 25.9. The molecule has 0 saturated heterocycles. The number of amides is 1. The molecule has 0 unspecified atom stereocenters. The molecule has 0 aliphatic rings. The minimum atomic E-state index is -0.653. The van der Waals surface area contributed by atoms with Crippen LogP contribution in [-0.4, -0.2) is 10.8 Å². The van der Waals surface area contributed by atoms with Crippen molar-refractivity contribution in [3.05, 3.63) is 122 Å². The third kappa shape index (κ3) is 4.96. The first-order valence-electron chi connectivity index (χ1n) is 10.4. The van der Waals surface area contributed by atoms with E-state index in [2.05, 4.69) is 5.32 Å². The van der Waals surface area contributed by atoms with Gasteiger partial charge in [0.1, 0.15) is 11.6 Å². The van der Waals surface area contributed by atoms with Crippen molar-refractivity contribution in [2.45, 2.75) is 6.42 Å². The summed E-state index contributed by atoms with van der Waals surface area (Å²) in [5.41, 5.74) is 2.52. The van der Waals surface area contributed by atoms with Crippen molar-refractivity contribution >= 4 is 45.7 Å². The first-order chi connectivity index (χ1) is 16.5. The lowest BCUT2D eigenvalue weighted by atomic mass is 9.93. The van der Waals surface area contributed by atoms with Gasteiger partial charge in [0.2, 0.25) is 0 Å². The molecule has 0 saturated carbocycles. The average Bonchev–Trinajstić information content (AvgIpc) is 2.84. The number of benzene rings is 4. The number of nitro benzene ring substituents is 1. The Hall–Kier alpha value is -4.47. The Morgan fingerprint density at radius 1 is 1.00 bits per heavy atom. The van der Waals surface area contributed by atoms with Gasteiger partial charge in [0, 0.05) is 22.8 Å². The summed E-state index contributed by atoms with van der Waals surface area (Å²) >= 11 is 6.37. The van der Waals surface area contributed by atoms with Gasteiger partial charge in [0.15, 0.2) is 0 Å². The standard InChI is InChI=1S/C27H18ClN3O3/c28-26-11-4-2-7-20(26)14-19-13-12-18-6-1-3-10-24(18)25(19)15-21(17-29)27(32)30-22-8-5-9-23(16-22)31(33)34/h1-13,15-16H,14H2,(H,30,32)/b21-15+. The minimum Gasteiger partial charge on any atom is -0.321 e. The molecule has 4 rings (SSSR count). The molecule has 166 valence electrons. The number of rotatable bonds is 6. The van der Waals surface area contributed by atoms with Gasteiger partial charge in [-0.05, 0) is 52.1 Å². The third-order valence-electron chi connectivity index (χ3n) is 5.37. The second-order valence-corrected chi connectivity index (χ2v) is 7.97. The number of anilines is 1. The summed E-state index contributed by atoms with van der Waals surface area (Å²) in [7, 11) is 0. The van der Waals surface area contributed by atoms with Crippen LogP contribution < -0.4 is 5.32 Å². The number of nitro groups is 1. The lowest BCUT2D eigenvalue weighted by Crippen LogP contribution is -2.13. The van der Waals surface area contributed by atoms with Crippen molar-refractivity contribution in [3.63, 3.8) is 0 Å². The fraction of sp³-hybridized carbons (Fsp3) is 0.0370. The number of hydrogen-bond acceptors (Lipinski definition) is 4. The van der Waals surface area contributed by atoms with Crippen LogP contribution in [0.2, 0.25) is 5.02 Å². The van der Waals surface area contributed by atoms with E-state index in [1.54, 1.807) is 6.08 Å². The predicted molar refractivity (Wildman–Crippen MR) is 134 cm³/mol. The molecule has 1 N–H and O–H groups in total. The Bertz CT molecular complexity index is 1490. The summed E-state index contributed by atoms with van der Waals surface area (Å²) in [6.07, 6.45) is 2.07. The van der Waals surface area contributed by atoms with E-state index in [9.17, 15) is 20.2 Å². The number of hydrogen-bond donors (Lipinski definition) is 1. The zero-order chi connectivity index (χ0) is 24.1. The van der Waals surface area contributed by atoms with E-state index in [0.717, 1.165) is 27.5 Å². The van der Waals surface area contributed by atoms with Crippen LogP contribution in [0.15, 0.2) is 90.5 Å². The summed E-state index contributed by atoms with van der Waals surface area (Å²) < 4.78 is 0. The lowest BCUT2D eigenvalue weighted by Gasteiger charge is -2.12. The molecule has 0 aliphatic heterocycles. The number of nitrogens with zero attached hydrogens (tertiary/aromatic N) is 2. The van der Waals surface area contributed by atoms with E-state index in [1.165, 1.54) is 24.3 Å². The summed E-state index contributed by atoms with van der Waals surface area (Å²) in [6.45, 7) is 0. The molecular formula is C27H18ClN3O3. The Labute approximate surface area is 200 Å². The molecule has 4 aromatic carbocycles. The fourth-order valence-electron chi connectivity index (χ4n) is 3.70. The number of carbonyl (C=O) groups excluding carboxylic acids is 1. The van der Waals surface area contributed by atoms with Gasteiger partial charge < -0.3 is 5.32 Å². The number of fused-ring (bicyclic) bond motifs is 1. The largest absolute Gasteiger partial charge is 0.321 e. The smallest absolute Gasteiger partial charge is 0.271 e. The normalized spacial score (nSPS) is 11.1. The van der Waals surface area contributed by atoms with Crippen LogP contribution in [0, 0.1) is 21.4 Å². The van der Waals surface area contributed by atoms with Crippen LogP contribution in [0.5, 0.6) is 0 Å². The zero-order valence-corrected chi connectivity index (χ0v) is 18.6. The van der Waals surface area contributed by atoms with Crippen molar-refractivity contribution in [1.29, 1.82) is 5.26 Å². The maximum atomic E-state index is 12.9. The molecule has 0 heterocycles. The van der Waals surface area contributed by atoms with Crippen LogP contribution >= 0.6 is 11.6 Å². The maximum Gasteiger partial charge on any atom is 0.271 e. The Morgan fingerprint density at radius 2 is 1.76 bits per heavy atom. The molecule has 1 amide bonds. The first kappa shape index (κ1) is 22.7. The van der Waals surface area contributed by atoms with Gasteiger partial charge in [-0.2, -0.15) is 5.26 Å². The van der Waals surface area contributed by atoms with Crippen molar-refractivity contribution in [3.8, 4) is 6.07 Å². The lowest BCUT2D eigenvalue weighted by molar-refractivity contribution is -0.384. The Kier molecular flexibility index (Phi) is 6.67. The van der Waals surface area contributed by atoms with E-state index in [1.807, 2.05) is 66.7 Å². The molecule has 6 nitrogen and oxygen atoms in total. The van der Waals surface area contributed by atoms with Gasteiger partial charge in [-0.1, -0.05) is 72.3 Å². The number of nitrogens with one attached hydrogen (secondary N) is 1. The molecule has 0 aromatic heterocycles. The summed E-state index contributed by atoms with van der Waals surface area (Å²) in [6, 6.07) is 26.7. The van der Waals surface area contributed by atoms with Crippen molar-refractivity contribution in [1.82, 2.24) is 0 Å². The van der Waals surface area contributed by atoms with Gasteiger partial charge in [0.25, 0.3) is 11.6 Å². The molecule has 0 spiro atoms. The van der Waals surface area contributed by atoms with Crippen LogP contribution in [0.3, 0.4) is 0 Å². The second kappa shape index (κ2) is 9.99. The number of nitriles is 1. The third-order valence-corrected chi connectivity index (χ3v) is 5.74. The highest BCUT2D eigenvalue weighted by Crippen LogP contribution is 2.29. The van der Waals surface area contributed by atoms with E-state index in [4.69, 9.17) is 11.6 Å². The average molecular weight is 468 g/mol. The van der Waals surface area contributed by atoms with Crippen LogP contribution in [-0.2, 0) is 11.2 Å². The zero-order valence-electron chi connectivity index (χ0n) is 17.9. The maximum absolute atomic E-state index is 12.9. The summed E-state index contributed by atoms with van der Waals surface area (Å²) in [5.74, 6) is -0.653. The number of halogens is 1. The highest BCUT2D eigenvalue weighted by molar-refractivity contribution is 6.31. The molecule has 0 radical (unpaired) electrons. The molecule has 4 aromatic rings. The fourth-order valence-corrected chi connectivity index (χ4v) is 3.90. The van der Waals surface area contributed by atoms with E-state index < -0.39 is 10.8 Å². The number of carbonyl (C=O) groups is 1. The molecule has 0 atom stereocenters. The molecule has 7 heteroatoms. The molecule has 0 aliphatic carbocycles. The number of non-ortho nitro benzene ring substituents is 1. The topological polar surface area (TPSA) is 96.0 Å². The van der Waals surface area contributed by atoms with Crippen LogP contribution in [0.25, 0.3) is 16.8 Å². The van der Waals surface area contributed by atoms with Gasteiger partial charge >= 0.3 is 0 Å². The van der Waals surface area contributed by atoms with Gasteiger partial charge in [-0.15, -0.1) is 0 Å². The second-order valence-electron chi connectivity index (χ2n) is 7.56. The minimum absolute atomic E-state index is 0.122. The Morgan fingerprint density at radius 3 is 2.53 bits per heavy atom. The van der Waals surface area contributed by atoms with Crippen LogP contribution in [0.4, 0.5) is 11.4 Å². The van der Waals surface area contributed by atoms with E-state index >= 15 is 0 Å². The van der Waals surface area contributed by atoms with E-state index in [0.29, 0.717) is 11.4 Å². The molecular weight excluding hydrogens is 450 g/mol. The van der Waals surface area contributed by atoms with Crippen molar-refractivity contribution in [2.24, 2.45) is 0 Å². The monoisotopic (exact) mass is 467 g/mol.